The smallest absolute Gasteiger partial charge is 0.208 e. The lowest BCUT2D eigenvalue weighted by atomic mass is 10.1. The molecule has 0 amide bonds. The number of nitrogens with zero attached hydrogens (tertiary/aromatic N) is 3. The lowest BCUT2D eigenvalue weighted by Gasteiger charge is -2.13. The van der Waals surface area contributed by atoms with E-state index in [1.165, 1.54) is 11.1 Å². The zero-order valence-corrected chi connectivity index (χ0v) is 17.6. The zero-order chi connectivity index (χ0) is 21.3. The van der Waals surface area contributed by atoms with Gasteiger partial charge in [0.15, 0.2) is 0 Å². The Labute approximate surface area is 176 Å². The highest BCUT2D eigenvalue weighted by atomic mass is 16.3. The van der Waals surface area contributed by atoms with Gasteiger partial charge in [-0.15, -0.1) is 0 Å². The minimum absolute atomic E-state index is 0.185. The number of nitrogens with one attached hydrogen (secondary N) is 1. The monoisotopic (exact) mass is 401 g/mol. The Kier molecular flexibility index (Phi) is 5.42. The summed E-state index contributed by atoms with van der Waals surface area (Å²) in [6.45, 7) is 7.13. The van der Waals surface area contributed by atoms with Crippen LogP contribution in [0.5, 0.6) is 5.75 Å². The zero-order valence-electron chi connectivity index (χ0n) is 17.6. The van der Waals surface area contributed by atoms with Crippen molar-refractivity contribution in [1.29, 1.82) is 0 Å². The normalized spacial score (nSPS) is 11.2. The Morgan fingerprint density at radius 3 is 2.50 bits per heavy atom. The van der Waals surface area contributed by atoms with Gasteiger partial charge in [-0.1, -0.05) is 18.2 Å². The van der Waals surface area contributed by atoms with E-state index in [1.54, 1.807) is 6.07 Å². The summed E-state index contributed by atoms with van der Waals surface area (Å²) in [5, 5.41) is 13.8. The Hall–Kier alpha value is -3.38. The van der Waals surface area contributed by atoms with E-state index >= 15 is 0 Å². The second-order valence-electron chi connectivity index (χ2n) is 7.75. The molecule has 6 nitrogen and oxygen atoms in total. The largest absolute Gasteiger partial charge is 0.506 e. The van der Waals surface area contributed by atoms with Crippen molar-refractivity contribution >= 4 is 22.7 Å². The number of pyridine rings is 1. The third-order valence-electron chi connectivity index (χ3n) is 5.22. The second-order valence-corrected chi connectivity index (χ2v) is 7.75. The summed E-state index contributed by atoms with van der Waals surface area (Å²) in [4.78, 5) is 9.40. The summed E-state index contributed by atoms with van der Waals surface area (Å²) in [7, 11) is 0. The number of aromatic hydroxyl groups is 1. The third-order valence-corrected chi connectivity index (χ3v) is 5.22. The number of anilines is 2. The maximum atomic E-state index is 10.4. The first kappa shape index (κ1) is 19.9. The fraction of sp³-hybridized carbons (Fsp3) is 0.250. The van der Waals surface area contributed by atoms with Gasteiger partial charge in [-0.05, 0) is 80.8 Å². The number of nitrogens with two attached hydrogens (primary N) is 1. The second kappa shape index (κ2) is 8.16. The van der Waals surface area contributed by atoms with E-state index in [2.05, 4.69) is 53.0 Å². The molecule has 2 aromatic carbocycles. The quantitative estimate of drug-likeness (QED) is 0.447. The fourth-order valence-corrected chi connectivity index (χ4v) is 3.82. The van der Waals surface area contributed by atoms with Gasteiger partial charge in [-0.25, -0.2) is 4.98 Å². The summed E-state index contributed by atoms with van der Waals surface area (Å²) >= 11 is 0. The van der Waals surface area contributed by atoms with E-state index in [9.17, 15) is 5.11 Å². The average molecular weight is 402 g/mol. The molecule has 0 saturated carbocycles. The first-order chi connectivity index (χ1) is 14.4. The van der Waals surface area contributed by atoms with E-state index < -0.39 is 0 Å². The van der Waals surface area contributed by atoms with Gasteiger partial charge in [-0.3, -0.25) is 4.98 Å². The molecule has 4 N–H and O–H groups in total. The van der Waals surface area contributed by atoms with E-state index in [0.29, 0.717) is 24.7 Å². The summed E-state index contributed by atoms with van der Waals surface area (Å²) in [5.74, 6) is 0.900. The van der Waals surface area contributed by atoms with Gasteiger partial charge in [0.25, 0.3) is 0 Å². The van der Waals surface area contributed by atoms with Gasteiger partial charge in [0.2, 0.25) is 5.95 Å². The number of aromatic nitrogens is 3. The van der Waals surface area contributed by atoms with Crippen LogP contribution in [0.25, 0.3) is 11.0 Å². The molecule has 2 aromatic heterocycles. The molecule has 6 heteroatoms. The SMILES string of the molecule is Cc1cc(C)c2c(c1)nc(Nc1ccc(CCN)cc1)n2Cc1nc(C)ccc1O. The van der Waals surface area contributed by atoms with Gasteiger partial charge < -0.3 is 20.7 Å². The molecule has 0 unspecified atom stereocenters. The maximum absolute atomic E-state index is 10.4. The lowest BCUT2D eigenvalue weighted by Crippen LogP contribution is -2.08. The number of rotatable bonds is 6. The summed E-state index contributed by atoms with van der Waals surface area (Å²) in [6.07, 6.45) is 0.857. The van der Waals surface area contributed by atoms with Crippen molar-refractivity contribution < 1.29 is 5.11 Å². The summed E-state index contributed by atoms with van der Waals surface area (Å²) in [5.41, 5.74) is 13.5. The number of hydrogen-bond acceptors (Lipinski definition) is 5. The molecule has 0 saturated heterocycles. The topological polar surface area (TPSA) is 89.0 Å². The third kappa shape index (κ3) is 4.00. The van der Waals surface area contributed by atoms with E-state index in [1.807, 2.05) is 25.1 Å². The Morgan fingerprint density at radius 2 is 1.77 bits per heavy atom. The van der Waals surface area contributed by atoms with Crippen LogP contribution in [0.2, 0.25) is 0 Å². The Morgan fingerprint density at radius 1 is 1.00 bits per heavy atom. The molecule has 2 heterocycles. The molecule has 0 aliphatic rings. The predicted octanol–water partition coefficient (Wildman–Crippen LogP) is 4.36. The van der Waals surface area contributed by atoms with E-state index in [-0.39, 0.29) is 5.75 Å². The van der Waals surface area contributed by atoms with Crippen LogP contribution in [0, 0.1) is 20.8 Å². The van der Waals surface area contributed by atoms with Crippen LogP contribution < -0.4 is 11.1 Å². The molecule has 0 fully saturated rings. The van der Waals surface area contributed by atoms with Crippen LogP contribution >= 0.6 is 0 Å². The van der Waals surface area contributed by atoms with Crippen molar-refractivity contribution in [3.8, 4) is 5.75 Å². The Bertz CT molecular complexity index is 1190. The molecule has 0 aliphatic carbocycles. The fourth-order valence-electron chi connectivity index (χ4n) is 3.82. The minimum atomic E-state index is 0.185. The van der Waals surface area contributed by atoms with Crippen molar-refractivity contribution in [2.45, 2.75) is 33.7 Å². The van der Waals surface area contributed by atoms with Gasteiger partial charge in [-0.2, -0.15) is 0 Å². The maximum Gasteiger partial charge on any atom is 0.208 e. The molecule has 30 heavy (non-hydrogen) atoms. The van der Waals surface area contributed by atoms with Crippen molar-refractivity contribution in [1.82, 2.24) is 14.5 Å². The molecular formula is C24H27N5O. The molecule has 4 aromatic rings. The van der Waals surface area contributed by atoms with Crippen LogP contribution in [0.15, 0.2) is 48.5 Å². The number of fused-ring (bicyclic) bond motifs is 1. The van der Waals surface area contributed by atoms with Gasteiger partial charge in [0.1, 0.15) is 11.4 Å². The van der Waals surface area contributed by atoms with Crippen LogP contribution in [0.3, 0.4) is 0 Å². The van der Waals surface area contributed by atoms with E-state index in [4.69, 9.17) is 10.7 Å². The standard InChI is InChI=1S/C24H27N5O/c1-15-12-16(2)23-20(13-15)28-24(27-19-7-5-18(6-8-19)10-11-25)29(23)14-21-22(30)9-4-17(3)26-21/h4-9,12-13,30H,10-11,14,25H2,1-3H3,(H,27,28). The van der Waals surface area contributed by atoms with Crippen LogP contribution in [-0.4, -0.2) is 26.2 Å². The van der Waals surface area contributed by atoms with Gasteiger partial charge >= 0.3 is 0 Å². The van der Waals surface area contributed by atoms with Crippen molar-refractivity contribution in [2.24, 2.45) is 5.73 Å². The summed E-state index contributed by atoms with van der Waals surface area (Å²) < 4.78 is 2.08. The van der Waals surface area contributed by atoms with Crippen molar-refractivity contribution in [2.75, 3.05) is 11.9 Å². The minimum Gasteiger partial charge on any atom is -0.506 e. The highest BCUT2D eigenvalue weighted by Crippen LogP contribution is 2.29. The first-order valence-corrected chi connectivity index (χ1v) is 10.1. The van der Waals surface area contributed by atoms with E-state index in [0.717, 1.165) is 34.4 Å². The lowest BCUT2D eigenvalue weighted by molar-refractivity contribution is 0.461. The molecule has 154 valence electrons. The van der Waals surface area contributed by atoms with Crippen LogP contribution in [0.1, 0.15) is 28.1 Å². The molecule has 0 bridgehead atoms. The molecule has 0 radical (unpaired) electrons. The first-order valence-electron chi connectivity index (χ1n) is 10.1. The number of hydrogen-bond donors (Lipinski definition) is 3. The predicted molar refractivity (Wildman–Crippen MR) is 121 cm³/mol. The van der Waals surface area contributed by atoms with Crippen LogP contribution in [-0.2, 0) is 13.0 Å². The molecule has 0 spiro atoms. The van der Waals surface area contributed by atoms with Crippen LogP contribution in [0.4, 0.5) is 11.6 Å². The summed E-state index contributed by atoms with van der Waals surface area (Å²) in [6, 6.07) is 16.0. The Balaban J connectivity index is 1.79. The average Bonchev–Trinajstić information content (AvgIpc) is 3.03. The molecule has 0 aliphatic heterocycles. The number of aryl methyl sites for hydroxylation is 3. The number of benzene rings is 2. The van der Waals surface area contributed by atoms with Gasteiger partial charge in [0, 0.05) is 11.4 Å². The number of imidazole rings is 1. The molecule has 0 atom stereocenters. The molecular weight excluding hydrogens is 374 g/mol. The molecule has 4 rings (SSSR count). The van der Waals surface area contributed by atoms with Gasteiger partial charge in [0.05, 0.1) is 17.6 Å². The van der Waals surface area contributed by atoms with Crippen molar-refractivity contribution in [3.63, 3.8) is 0 Å². The van der Waals surface area contributed by atoms with Crippen molar-refractivity contribution in [3.05, 3.63) is 76.6 Å². The highest BCUT2D eigenvalue weighted by Gasteiger charge is 2.16. The highest BCUT2D eigenvalue weighted by molar-refractivity contribution is 5.83.